The van der Waals surface area contributed by atoms with E-state index in [1.807, 2.05) is 13.8 Å². The topological polar surface area (TPSA) is 37.3 Å². The highest BCUT2D eigenvalue weighted by Gasteiger charge is 2.25. The Bertz CT molecular complexity index is 372. The number of rotatable bonds is 6. The number of carbonyl (C=O) groups is 1. The average molecular weight is 238 g/mol. The zero-order valence-electron chi connectivity index (χ0n) is 10.3. The Hall–Kier alpha value is -1.38. The molecule has 1 atom stereocenters. The Balaban J connectivity index is 2.94. The maximum atomic E-state index is 13.6. The molecule has 0 saturated heterocycles. The number of aliphatic carboxylic acids is 1. The van der Waals surface area contributed by atoms with Crippen LogP contribution in [0.1, 0.15) is 44.6 Å². The van der Waals surface area contributed by atoms with E-state index in [-0.39, 0.29) is 0 Å². The van der Waals surface area contributed by atoms with Gasteiger partial charge >= 0.3 is 5.97 Å². The minimum absolute atomic E-state index is 0.298. The van der Waals surface area contributed by atoms with E-state index >= 15 is 0 Å². The molecular weight excluding hydrogens is 219 g/mol. The highest BCUT2D eigenvalue weighted by Crippen LogP contribution is 2.29. The highest BCUT2D eigenvalue weighted by molar-refractivity contribution is 5.76. The molecule has 17 heavy (non-hydrogen) atoms. The van der Waals surface area contributed by atoms with Gasteiger partial charge in [0.05, 0.1) is 5.92 Å². The molecule has 1 aromatic rings. The third kappa shape index (κ3) is 3.55. The van der Waals surface area contributed by atoms with Gasteiger partial charge in [-0.25, -0.2) is 4.39 Å². The number of carboxylic acids is 1. The van der Waals surface area contributed by atoms with Crippen molar-refractivity contribution in [2.45, 2.75) is 39.0 Å². The van der Waals surface area contributed by atoms with Gasteiger partial charge in [-0.05, 0) is 18.4 Å². The third-order valence-electron chi connectivity index (χ3n) is 3.30. The molecule has 0 bridgehead atoms. The number of benzene rings is 1. The first kappa shape index (κ1) is 13.7. The number of hydrogen-bond acceptors (Lipinski definition) is 1. The predicted octanol–water partition coefficient (Wildman–Crippen LogP) is 3.82. The van der Waals surface area contributed by atoms with E-state index in [1.165, 1.54) is 6.07 Å². The van der Waals surface area contributed by atoms with Crippen molar-refractivity contribution in [3.05, 3.63) is 35.6 Å². The molecule has 0 aliphatic heterocycles. The van der Waals surface area contributed by atoms with Crippen LogP contribution in [0.5, 0.6) is 0 Å². The van der Waals surface area contributed by atoms with Crippen LogP contribution in [0.2, 0.25) is 0 Å². The van der Waals surface area contributed by atoms with E-state index in [4.69, 9.17) is 0 Å². The first-order valence-electron chi connectivity index (χ1n) is 6.07. The molecule has 1 unspecified atom stereocenters. The minimum Gasteiger partial charge on any atom is -0.481 e. The molecule has 0 aromatic heterocycles. The van der Waals surface area contributed by atoms with Crippen molar-refractivity contribution in [3.8, 4) is 0 Å². The summed E-state index contributed by atoms with van der Waals surface area (Å²) in [5.74, 6) is -1.77. The van der Waals surface area contributed by atoms with Crippen LogP contribution in [0.4, 0.5) is 4.39 Å². The molecule has 0 saturated carbocycles. The van der Waals surface area contributed by atoms with Crippen LogP contribution < -0.4 is 0 Å². The van der Waals surface area contributed by atoms with E-state index in [1.54, 1.807) is 18.2 Å². The molecule has 1 rings (SSSR count). The lowest BCUT2D eigenvalue weighted by Crippen LogP contribution is -2.17. The molecule has 0 aliphatic rings. The fourth-order valence-electron chi connectivity index (χ4n) is 2.07. The van der Waals surface area contributed by atoms with Crippen molar-refractivity contribution in [1.29, 1.82) is 0 Å². The second-order valence-electron chi connectivity index (χ2n) is 4.33. The zero-order valence-corrected chi connectivity index (χ0v) is 10.3. The van der Waals surface area contributed by atoms with Crippen molar-refractivity contribution >= 4 is 5.97 Å². The van der Waals surface area contributed by atoms with Gasteiger partial charge in [0.2, 0.25) is 0 Å². The van der Waals surface area contributed by atoms with Gasteiger partial charge in [0, 0.05) is 5.56 Å². The summed E-state index contributed by atoms with van der Waals surface area (Å²) in [5, 5.41) is 9.22. The fourth-order valence-corrected chi connectivity index (χ4v) is 2.07. The molecule has 3 heteroatoms. The van der Waals surface area contributed by atoms with Gasteiger partial charge in [0.25, 0.3) is 0 Å². The molecule has 0 heterocycles. The van der Waals surface area contributed by atoms with Gasteiger partial charge in [-0.2, -0.15) is 0 Å². The molecule has 1 N–H and O–H groups in total. The standard InChI is InChI=1S/C14H19FO2/c1-3-10(4-2)9-12(14(16)17)11-7-5-6-8-13(11)15/h5-8,10,12H,3-4,9H2,1-2H3,(H,16,17). The first-order chi connectivity index (χ1) is 8.10. The lowest BCUT2D eigenvalue weighted by molar-refractivity contribution is -0.139. The molecule has 1 aromatic carbocycles. The quantitative estimate of drug-likeness (QED) is 0.818. The lowest BCUT2D eigenvalue weighted by atomic mass is 9.86. The second kappa shape index (κ2) is 6.38. The van der Waals surface area contributed by atoms with Gasteiger partial charge in [0.1, 0.15) is 5.82 Å². The highest BCUT2D eigenvalue weighted by atomic mass is 19.1. The normalized spacial score (nSPS) is 12.7. The van der Waals surface area contributed by atoms with Crippen LogP contribution in [-0.4, -0.2) is 11.1 Å². The smallest absolute Gasteiger partial charge is 0.311 e. The summed E-state index contributed by atoms with van der Waals surface area (Å²) in [4.78, 5) is 11.3. The van der Waals surface area contributed by atoms with Crippen LogP contribution in [0.25, 0.3) is 0 Å². The fraction of sp³-hybridized carbons (Fsp3) is 0.500. The van der Waals surface area contributed by atoms with Crippen molar-refractivity contribution in [2.75, 3.05) is 0 Å². The predicted molar refractivity (Wildman–Crippen MR) is 65.5 cm³/mol. The summed E-state index contributed by atoms with van der Waals surface area (Å²) < 4.78 is 13.6. The molecule has 0 aliphatic carbocycles. The summed E-state index contributed by atoms with van der Waals surface area (Å²) in [6, 6.07) is 6.14. The lowest BCUT2D eigenvalue weighted by Gasteiger charge is -2.19. The summed E-state index contributed by atoms with van der Waals surface area (Å²) in [7, 11) is 0. The maximum Gasteiger partial charge on any atom is 0.311 e. The molecule has 2 nitrogen and oxygen atoms in total. The summed E-state index contributed by atoms with van der Waals surface area (Å²) in [6.07, 6.45) is 2.35. The third-order valence-corrected chi connectivity index (χ3v) is 3.30. The van der Waals surface area contributed by atoms with Gasteiger partial charge < -0.3 is 5.11 Å². The SMILES string of the molecule is CCC(CC)CC(C(=O)O)c1ccccc1F. The van der Waals surface area contributed by atoms with Crippen LogP contribution in [0, 0.1) is 11.7 Å². The second-order valence-corrected chi connectivity index (χ2v) is 4.33. The Labute approximate surface area is 101 Å². The van der Waals surface area contributed by atoms with E-state index in [9.17, 15) is 14.3 Å². The van der Waals surface area contributed by atoms with E-state index in [0.717, 1.165) is 12.8 Å². The maximum absolute atomic E-state index is 13.6. The van der Waals surface area contributed by atoms with Crippen LogP contribution in [0.15, 0.2) is 24.3 Å². The van der Waals surface area contributed by atoms with Crippen LogP contribution in [-0.2, 0) is 4.79 Å². The van der Waals surface area contributed by atoms with E-state index in [0.29, 0.717) is 17.9 Å². The van der Waals surface area contributed by atoms with Gasteiger partial charge in [-0.3, -0.25) is 4.79 Å². The Kier molecular flexibility index (Phi) is 5.13. The number of halogens is 1. The van der Waals surface area contributed by atoms with E-state index in [2.05, 4.69) is 0 Å². The molecule has 0 fully saturated rings. The van der Waals surface area contributed by atoms with Gasteiger partial charge in [-0.1, -0.05) is 44.9 Å². The van der Waals surface area contributed by atoms with Gasteiger partial charge in [-0.15, -0.1) is 0 Å². The minimum atomic E-state index is -0.943. The van der Waals surface area contributed by atoms with Crippen molar-refractivity contribution < 1.29 is 14.3 Å². The summed E-state index contributed by atoms with van der Waals surface area (Å²) >= 11 is 0. The number of hydrogen-bond donors (Lipinski definition) is 1. The first-order valence-corrected chi connectivity index (χ1v) is 6.07. The van der Waals surface area contributed by atoms with Gasteiger partial charge in [0.15, 0.2) is 0 Å². The molecular formula is C14H19FO2. The molecule has 0 amide bonds. The van der Waals surface area contributed by atoms with Crippen LogP contribution >= 0.6 is 0 Å². The molecule has 94 valence electrons. The Morgan fingerprint density at radius 3 is 2.35 bits per heavy atom. The van der Waals surface area contributed by atoms with E-state index < -0.39 is 17.7 Å². The van der Waals surface area contributed by atoms with Crippen molar-refractivity contribution in [3.63, 3.8) is 0 Å². The summed E-state index contributed by atoms with van der Waals surface area (Å²) in [5.41, 5.74) is 0.298. The van der Waals surface area contributed by atoms with Crippen molar-refractivity contribution in [2.24, 2.45) is 5.92 Å². The largest absolute Gasteiger partial charge is 0.481 e. The zero-order chi connectivity index (χ0) is 12.8. The Morgan fingerprint density at radius 1 is 1.29 bits per heavy atom. The van der Waals surface area contributed by atoms with Crippen molar-refractivity contribution in [1.82, 2.24) is 0 Å². The number of carboxylic acid groups (broad SMARTS) is 1. The molecule has 0 radical (unpaired) electrons. The average Bonchev–Trinajstić information content (AvgIpc) is 2.32. The Morgan fingerprint density at radius 2 is 1.88 bits per heavy atom. The molecule has 0 spiro atoms. The monoisotopic (exact) mass is 238 g/mol. The van der Waals surface area contributed by atoms with Crippen LogP contribution in [0.3, 0.4) is 0 Å². The summed E-state index contributed by atoms with van der Waals surface area (Å²) in [6.45, 7) is 4.07.